The predicted octanol–water partition coefficient (Wildman–Crippen LogP) is 3.34. The van der Waals surface area contributed by atoms with Crippen molar-refractivity contribution in [2.24, 2.45) is 23.5 Å². The van der Waals surface area contributed by atoms with Gasteiger partial charge in [-0.25, -0.2) is 0 Å². The smallest absolute Gasteiger partial charge is 0.142 e. The summed E-state index contributed by atoms with van der Waals surface area (Å²) < 4.78 is 6.21. The molecule has 1 aliphatic rings. The Morgan fingerprint density at radius 3 is 2.90 bits per heavy atom. The molecule has 4 nitrogen and oxygen atoms in total. The summed E-state index contributed by atoms with van der Waals surface area (Å²) in [6, 6.07) is 3.81. The molecular formula is C17H27N3O. The first-order valence-electron chi connectivity index (χ1n) is 7.89. The Morgan fingerprint density at radius 1 is 1.48 bits per heavy atom. The Labute approximate surface area is 127 Å². The lowest BCUT2D eigenvalue weighted by molar-refractivity contribution is -0.0473. The number of nitrogens with two attached hydrogens (primary N) is 1. The summed E-state index contributed by atoms with van der Waals surface area (Å²) in [6.07, 6.45) is 5.64. The van der Waals surface area contributed by atoms with E-state index >= 15 is 0 Å². The minimum atomic E-state index is 0.00613. The van der Waals surface area contributed by atoms with Gasteiger partial charge in [0.05, 0.1) is 12.7 Å². The second-order valence-corrected chi connectivity index (χ2v) is 6.60. The zero-order chi connectivity index (χ0) is 15.4. The third-order valence-electron chi connectivity index (χ3n) is 4.56. The fraction of sp³-hybridized carbons (Fsp3) is 0.647. The Hall–Kier alpha value is -1.42. The second-order valence-electron chi connectivity index (χ2n) is 6.60. The predicted molar refractivity (Wildman–Crippen MR) is 85.2 cm³/mol. The molecule has 0 radical (unpaired) electrons. The van der Waals surface area contributed by atoms with Gasteiger partial charge in [0.15, 0.2) is 0 Å². The van der Waals surface area contributed by atoms with Crippen molar-refractivity contribution in [3.8, 4) is 0 Å². The third-order valence-corrected chi connectivity index (χ3v) is 4.56. The fourth-order valence-corrected chi connectivity index (χ4v) is 3.30. The van der Waals surface area contributed by atoms with Crippen molar-refractivity contribution in [1.29, 1.82) is 5.41 Å². The highest BCUT2D eigenvalue weighted by atomic mass is 16.5. The molecule has 1 aromatic heterocycles. The lowest BCUT2D eigenvalue weighted by atomic mass is 9.75. The number of ether oxygens (including phenoxy) is 1. The van der Waals surface area contributed by atoms with Crippen molar-refractivity contribution in [3.05, 3.63) is 29.6 Å². The summed E-state index contributed by atoms with van der Waals surface area (Å²) in [7, 11) is 0. The molecule has 0 aliphatic heterocycles. The first-order chi connectivity index (χ1) is 9.99. The molecule has 2 rings (SSSR count). The molecule has 3 atom stereocenters. The van der Waals surface area contributed by atoms with Crippen LogP contribution in [0.5, 0.6) is 0 Å². The second kappa shape index (κ2) is 7.03. The van der Waals surface area contributed by atoms with Gasteiger partial charge in [0.1, 0.15) is 11.5 Å². The van der Waals surface area contributed by atoms with Crippen LogP contribution in [0.2, 0.25) is 0 Å². The molecular weight excluding hydrogens is 262 g/mol. The van der Waals surface area contributed by atoms with Gasteiger partial charge in [-0.2, -0.15) is 0 Å². The molecule has 116 valence electrons. The molecule has 1 heterocycles. The van der Waals surface area contributed by atoms with Crippen LogP contribution >= 0.6 is 0 Å². The number of nitrogen functional groups attached to an aromatic ring is 1. The quantitative estimate of drug-likeness (QED) is 0.645. The monoisotopic (exact) mass is 289 g/mol. The normalized spacial score (nSPS) is 26.0. The summed E-state index contributed by atoms with van der Waals surface area (Å²) in [5, 5.41) is 7.60. The van der Waals surface area contributed by atoms with Gasteiger partial charge in [-0.05, 0) is 36.7 Å². The van der Waals surface area contributed by atoms with E-state index in [2.05, 4.69) is 25.8 Å². The van der Waals surface area contributed by atoms with Crippen molar-refractivity contribution in [3.63, 3.8) is 0 Å². The highest BCUT2D eigenvalue weighted by Gasteiger charge is 2.31. The number of pyridine rings is 1. The van der Waals surface area contributed by atoms with Crippen LogP contribution < -0.4 is 5.73 Å². The van der Waals surface area contributed by atoms with Crippen molar-refractivity contribution in [2.75, 3.05) is 0 Å². The molecule has 0 amide bonds. The Kier molecular flexibility index (Phi) is 5.34. The van der Waals surface area contributed by atoms with Gasteiger partial charge >= 0.3 is 0 Å². The molecule has 0 saturated heterocycles. The minimum Gasteiger partial charge on any atom is -0.382 e. The summed E-state index contributed by atoms with van der Waals surface area (Å²) in [6.45, 7) is 7.35. The third kappa shape index (κ3) is 4.03. The van der Waals surface area contributed by atoms with Gasteiger partial charge in [-0.1, -0.05) is 33.3 Å². The number of aromatic nitrogens is 1. The molecule has 1 saturated carbocycles. The van der Waals surface area contributed by atoms with Gasteiger partial charge in [-0.3, -0.25) is 10.4 Å². The van der Waals surface area contributed by atoms with Crippen LogP contribution in [0, 0.1) is 23.2 Å². The van der Waals surface area contributed by atoms with Crippen LogP contribution in [0.3, 0.4) is 0 Å². The van der Waals surface area contributed by atoms with Crippen molar-refractivity contribution < 1.29 is 4.74 Å². The molecule has 0 bridgehead atoms. The summed E-state index contributed by atoms with van der Waals surface area (Å²) in [5.74, 6) is 2.00. The molecule has 1 aromatic rings. The summed E-state index contributed by atoms with van der Waals surface area (Å²) in [5.41, 5.74) is 7.04. The van der Waals surface area contributed by atoms with Crippen molar-refractivity contribution in [2.45, 2.75) is 52.7 Å². The van der Waals surface area contributed by atoms with Gasteiger partial charge in [-0.15, -0.1) is 0 Å². The standard InChI is InChI=1S/C17H27N3O/c1-11(2)14-7-6-12(3)9-15(14)21-10-13-5-4-8-20-16(13)17(18)19/h4-5,8,11-12,14-15H,6-7,9-10H2,1-3H3,(H3,18,19). The van der Waals surface area contributed by atoms with Gasteiger partial charge in [0.2, 0.25) is 0 Å². The van der Waals surface area contributed by atoms with E-state index in [1.54, 1.807) is 6.20 Å². The maximum absolute atomic E-state index is 7.60. The number of hydrogen-bond acceptors (Lipinski definition) is 3. The topological polar surface area (TPSA) is 72.0 Å². The van der Waals surface area contributed by atoms with Crippen LogP contribution in [0.15, 0.2) is 18.3 Å². The first-order valence-corrected chi connectivity index (χ1v) is 7.89. The Morgan fingerprint density at radius 2 is 2.24 bits per heavy atom. The molecule has 1 aliphatic carbocycles. The van der Waals surface area contributed by atoms with E-state index in [9.17, 15) is 0 Å². The number of hydrogen-bond donors (Lipinski definition) is 2. The van der Waals surface area contributed by atoms with Crippen LogP contribution in [-0.4, -0.2) is 16.9 Å². The number of nitrogens with zero attached hydrogens (tertiary/aromatic N) is 1. The number of amidine groups is 1. The van der Waals surface area contributed by atoms with Crippen LogP contribution in [0.1, 0.15) is 51.3 Å². The summed E-state index contributed by atoms with van der Waals surface area (Å²) in [4.78, 5) is 4.18. The van der Waals surface area contributed by atoms with Gasteiger partial charge < -0.3 is 10.5 Å². The SMILES string of the molecule is CC1CCC(C(C)C)C(OCc2cccnc2C(=N)N)C1. The van der Waals surface area contributed by atoms with E-state index in [0.717, 1.165) is 17.9 Å². The zero-order valence-corrected chi connectivity index (χ0v) is 13.3. The van der Waals surface area contributed by atoms with E-state index < -0.39 is 0 Å². The van der Waals surface area contributed by atoms with E-state index in [4.69, 9.17) is 15.9 Å². The number of nitrogens with one attached hydrogen (secondary N) is 1. The van der Waals surface area contributed by atoms with Crippen LogP contribution in [0.25, 0.3) is 0 Å². The van der Waals surface area contributed by atoms with E-state index in [1.165, 1.54) is 12.8 Å². The highest BCUT2D eigenvalue weighted by Crippen LogP contribution is 2.35. The van der Waals surface area contributed by atoms with E-state index in [-0.39, 0.29) is 5.84 Å². The Bertz CT molecular complexity index is 487. The van der Waals surface area contributed by atoms with Crippen LogP contribution in [-0.2, 0) is 11.3 Å². The van der Waals surface area contributed by atoms with E-state index in [0.29, 0.717) is 30.2 Å². The maximum Gasteiger partial charge on any atom is 0.142 e. The van der Waals surface area contributed by atoms with E-state index in [1.807, 2.05) is 12.1 Å². The van der Waals surface area contributed by atoms with Crippen molar-refractivity contribution >= 4 is 5.84 Å². The summed E-state index contributed by atoms with van der Waals surface area (Å²) >= 11 is 0. The van der Waals surface area contributed by atoms with Crippen LogP contribution in [0.4, 0.5) is 0 Å². The average Bonchev–Trinajstić information content (AvgIpc) is 2.45. The molecule has 3 unspecified atom stereocenters. The minimum absolute atomic E-state index is 0.00613. The first kappa shape index (κ1) is 16.0. The molecule has 21 heavy (non-hydrogen) atoms. The fourth-order valence-electron chi connectivity index (χ4n) is 3.30. The average molecular weight is 289 g/mol. The number of rotatable bonds is 5. The molecule has 0 spiro atoms. The zero-order valence-electron chi connectivity index (χ0n) is 13.3. The van der Waals surface area contributed by atoms with Gasteiger partial charge in [0.25, 0.3) is 0 Å². The molecule has 1 fully saturated rings. The largest absolute Gasteiger partial charge is 0.382 e. The Balaban J connectivity index is 2.05. The molecule has 3 N–H and O–H groups in total. The lowest BCUT2D eigenvalue weighted by Gasteiger charge is -2.37. The maximum atomic E-state index is 7.60. The molecule has 4 heteroatoms. The van der Waals surface area contributed by atoms with Crippen molar-refractivity contribution in [1.82, 2.24) is 4.98 Å². The molecule has 0 aromatic carbocycles. The lowest BCUT2D eigenvalue weighted by Crippen LogP contribution is -2.34. The highest BCUT2D eigenvalue weighted by molar-refractivity contribution is 5.94. The van der Waals surface area contributed by atoms with Gasteiger partial charge in [0, 0.05) is 11.8 Å².